The maximum Gasteiger partial charge on any atom is 0.258 e. The number of pyridine rings is 1. The molecule has 0 spiro atoms. The Morgan fingerprint density at radius 3 is 2.55 bits per heavy atom. The molecule has 31 heavy (non-hydrogen) atoms. The second kappa shape index (κ2) is 8.85. The number of sulfonamides is 1. The van der Waals surface area contributed by atoms with E-state index in [0.29, 0.717) is 13.1 Å². The molecule has 0 radical (unpaired) electrons. The van der Waals surface area contributed by atoms with Gasteiger partial charge in [0, 0.05) is 38.2 Å². The van der Waals surface area contributed by atoms with E-state index in [-0.39, 0.29) is 29.6 Å². The highest BCUT2D eigenvalue weighted by atomic mass is 32.2. The van der Waals surface area contributed by atoms with Gasteiger partial charge in [0.15, 0.2) is 5.84 Å². The number of fused-ring (bicyclic) bond motifs is 1. The highest BCUT2D eigenvalue weighted by Gasteiger charge is 2.32. The van der Waals surface area contributed by atoms with E-state index in [0.717, 1.165) is 17.5 Å². The SMILES string of the molecule is CCc1ccc(CN(Cc2cccnc2)C(=O)C2=CC=CN3CCS(=O)(=O)N=C23)cc1. The maximum absolute atomic E-state index is 13.6. The van der Waals surface area contributed by atoms with E-state index in [9.17, 15) is 13.2 Å². The first-order chi connectivity index (χ1) is 14.9. The minimum Gasteiger partial charge on any atom is -0.331 e. The summed E-state index contributed by atoms with van der Waals surface area (Å²) in [5.74, 6) is -0.143. The number of hydrogen-bond donors (Lipinski definition) is 0. The predicted molar refractivity (Wildman–Crippen MR) is 119 cm³/mol. The monoisotopic (exact) mass is 436 g/mol. The second-order valence-corrected chi connectivity index (χ2v) is 9.26. The number of aryl methyl sites for hydroxylation is 1. The van der Waals surface area contributed by atoms with Gasteiger partial charge in [-0.05, 0) is 41.3 Å². The summed E-state index contributed by atoms with van der Waals surface area (Å²) in [4.78, 5) is 21.2. The molecule has 7 nitrogen and oxygen atoms in total. The Hall–Kier alpha value is -3.26. The Morgan fingerprint density at radius 2 is 1.84 bits per heavy atom. The number of hydrogen-bond acceptors (Lipinski definition) is 5. The quantitative estimate of drug-likeness (QED) is 0.695. The normalized spacial score (nSPS) is 16.9. The average molecular weight is 437 g/mol. The Bertz CT molecular complexity index is 1150. The van der Waals surface area contributed by atoms with Crippen LogP contribution in [-0.4, -0.2) is 47.2 Å². The van der Waals surface area contributed by atoms with Gasteiger partial charge in [-0.1, -0.05) is 37.3 Å². The molecule has 0 saturated carbocycles. The van der Waals surface area contributed by atoms with E-state index in [4.69, 9.17) is 0 Å². The predicted octanol–water partition coefficient (Wildman–Crippen LogP) is 2.67. The van der Waals surface area contributed by atoms with Gasteiger partial charge in [0.1, 0.15) is 0 Å². The Kier molecular flexibility index (Phi) is 5.99. The van der Waals surface area contributed by atoms with Crippen molar-refractivity contribution >= 4 is 21.8 Å². The summed E-state index contributed by atoms with van der Waals surface area (Å²) in [6, 6.07) is 11.9. The number of benzene rings is 1. The van der Waals surface area contributed by atoms with Crippen molar-refractivity contribution in [3.63, 3.8) is 0 Å². The molecule has 1 amide bonds. The van der Waals surface area contributed by atoms with Crippen LogP contribution in [0.1, 0.15) is 23.6 Å². The first-order valence-electron chi connectivity index (χ1n) is 10.2. The van der Waals surface area contributed by atoms with Gasteiger partial charge in [-0.2, -0.15) is 0 Å². The van der Waals surface area contributed by atoms with Crippen LogP contribution in [0.5, 0.6) is 0 Å². The van der Waals surface area contributed by atoms with Gasteiger partial charge in [-0.3, -0.25) is 9.78 Å². The molecule has 1 aromatic carbocycles. The first-order valence-corrected chi connectivity index (χ1v) is 11.8. The van der Waals surface area contributed by atoms with Crippen LogP contribution in [0.2, 0.25) is 0 Å². The third-order valence-electron chi connectivity index (χ3n) is 5.28. The van der Waals surface area contributed by atoms with Crippen LogP contribution >= 0.6 is 0 Å². The minimum atomic E-state index is -3.58. The topological polar surface area (TPSA) is 82.9 Å². The molecule has 1 aromatic heterocycles. The average Bonchev–Trinajstić information content (AvgIpc) is 2.78. The van der Waals surface area contributed by atoms with Crippen LogP contribution in [0, 0.1) is 0 Å². The van der Waals surface area contributed by atoms with Crippen LogP contribution in [0.15, 0.2) is 77.1 Å². The van der Waals surface area contributed by atoms with E-state index >= 15 is 0 Å². The zero-order chi connectivity index (χ0) is 21.8. The van der Waals surface area contributed by atoms with Gasteiger partial charge in [-0.15, -0.1) is 4.40 Å². The smallest absolute Gasteiger partial charge is 0.258 e. The van der Waals surface area contributed by atoms with Gasteiger partial charge in [0.25, 0.3) is 15.9 Å². The van der Waals surface area contributed by atoms with Crippen molar-refractivity contribution in [2.24, 2.45) is 4.40 Å². The third-order valence-corrected chi connectivity index (χ3v) is 6.43. The highest BCUT2D eigenvalue weighted by Crippen LogP contribution is 2.22. The minimum absolute atomic E-state index is 0.0640. The zero-order valence-corrected chi connectivity index (χ0v) is 18.1. The standard InChI is InChI=1S/C23H24N4O3S/c1-2-18-7-9-19(10-8-18)16-27(17-20-5-3-11-24-15-20)23(28)21-6-4-12-26-13-14-31(29,30)25-22(21)26/h3-12,15H,2,13-14,16-17H2,1H3. The Balaban J connectivity index is 1.66. The van der Waals surface area contributed by atoms with Crippen molar-refractivity contribution in [3.05, 3.63) is 89.4 Å². The van der Waals surface area contributed by atoms with E-state index in [2.05, 4.69) is 28.4 Å². The van der Waals surface area contributed by atoms with Crippen molar-refractivity contribution in [3.8, 4) is 0 Å². The molecule has 0 unspecified atom stereocenters. The van der Waals surface area contributed by atoms with Crippen LogP contribution in [0.3, 0.4) is 0 Å². The Morgan fingerprint density at radius 1 is 1.10 bits per heavy atom. The van der Waals surface area contributed by atoms with Crippen molar-refractivity contribution in [1.82, 2.24) is 14.8 Å². The second-order valence-electron chi connectivity index (χ2n) is 7.51. The van der Waals surface area contributed by atoms with Gasteiger partial charge < -0.3 is 9.80 Å². The van der Waals surface area contributed by atoms with E-state index in [1.807, 2.05) is 24.3 Å². The number of nitrogens with zero attached hydrogens (tertiary/aromatic N) is 4. The van der Waals surface area contributed by atoms with E-state index < -0.39 is 10.0 Å². The van der Waals surface area contributed by atoms with E-state index in [1.54, 1.807) is 40.5 Å². The first kappa shape index (κ1) is 21.0. The van der Waals surface area contributed by atoms with Crippen LogP contribution in [0.25, 0.3) is 0 Å². The molecular formula is C23H24N4O3S. The summed E-state index contributed by atoms with van der Waals surface area (Å²) < 4.78 is 28.1. The van der Waals surface area contributed by atoms with Crippen molar-refractivity contribution in [2.45, 2.75) is 26.4 Å². The molecule has 0 bridgehead atoms. The lowest BCUT2D eigenvalue weighted by Crippen LogP contribution is -2.43. The Labute approximate surface area is 182 Å². The largest absolute Gasteiger partial charge is 0.331 e. The van der Waals surface area contributed by atoms with Crippen LogP contribution < -0.4 is 0 Å². The zero-order valence-electron chi connectivity index (χ0n) is 17.3. The number of carbonyl (C=O) groups excluding carboxylic acids is 1. The molecule has 0 atom stereocenters. The van der Waals surface area contributed by atoms with Crippen LogP contribution in [0.4, 0.5) is 0 Å². The molecule has 0 N–H and O–H groups in total. The number of rotatable bonds is 6. The molecule has 2 aromatic rings. The summed E-state index contributed by atoms with van der Waals surface area (Å²) in [5, 5.41) is 0. The van der Waals surface area contributed by atoms with Gasteiger partial charge >= 0.3 is 0 Å². The lowest BCUT2D eigenvalue weighted by Gasteiger charge is -2.31. The number of carbonyl (C=O) groups is 1. The molecule has 8 heteroatoms. The fraction of sp³-hybridized carbons (Fsp3) is 0.261. The summed E-state index contributed by atoms with van der Waals surface area (Å²) in [5.41, 5.74) is 3.39. The van der Waals surface area contributed by atoms with Gasteiger partial charge in [0.05, 0.1) is 11.3 Å². The third kappa shape index (κ3) is 4.91. The number of amidine groups is 1. The summed E-state index contributed by atoms with van der Waals surface area (Å²) in [7, 11) is -3.58. The maximum atomic E-state index is 13.6. The van der Waals surface area contributed by atoms with Crippen molar-refractivity contribution < 1.29 is 13.2 Å². The lowest BCUT2D eigenvalue weighted by molar-refractivity contribution is -0.127. The molecule has 0 fully saturated rings. The molecule has 160 valence electrons. The highest BCUT2D eigenvalue weighted by molar-refractivity contribution is 7.90. The number of aromatic nitrogens is 1. The molecular weight excluding hydrogens is 412 g/mol. The van der Waals surface area contributed by atoms with Crippen molar-refractivity contribution in [1.29, 1.82) is 0 Å². The van der Waals surface area contributed by atoms with Crippen molar-refractivity contribution in [2.75, 3.05) is 12.3 Å². The number of allylic oxidation sites excluding steroid dienone is 2. The van der Waals surface area contributed by atoms with Crippen LogP contribution in [-0.2, 0) is 34.3 Å². The van der Waals surface area contributed by atoms with Gasteiger partial charge in [0.2, 0.25) is 0 Å². The fourth-order valence-corrected chi connectivity index (χ4v) is 4.55. The molecule has 2 aliphatic rings. The number of amides is 1. The summed E-state index contributed by atoms with van der Waals surface area (Å²) in [6.07, 6.45) is 9.50. The molecule has 4 rings (SSSR count). The fourth-order valence-electron chi connectivity index (χ4n) is 3.57. The molecule has 3 heterocycles. The summed E-state index contributed by atoms with van der Waals surface area (Å²) in [6.45, 7) is 3.12. The lowest BCUT2D eigenvalue weighted by atomic mass is 10.1. The molecule has 0 aliphatic carbocycles. The summed E-state index contributed by atoms with van der Waals surface area (Å²) >= 11 is 0. The van der Waals surface area contributed by atoms with Gasteiger partial charge in [-0.25, -0.2) is 8.42 Å². The van der Waals surface area contributed by atoms with E-state index in [1.165, 1.54) is 5.56 Å². The molecule has 2 aliphatic heterocycles. The molecule has 0 saturated heterocycles.